The summed E-state index contributed by atoms with van der Waals surface area (Å²) in [6, 6.07) is 0.510. The molecule has 1 fully saturated rings. The van der Waals surface area contributed by atoms with E-state index in [1.165, 1.54) is 12.8 Å². The van der Waals surface area contributed by atoms with Crippen molar-refractivity contribution in [1.29, 1.82) is 0 Å². The van der Waals surface area contributed by atoms with E-state index in [1.54, 1.807) is 0 Å². The lowest BCUT2D eigenvalue weighted by molar-refractivity contribution is 0.586. The molecule has 1 aromatic heterocycles. The Balaban J connectivity index is 2.13. The van der Waals surface area contributed by atoms with Crippen molar-refractivity contribution in [2.75, 3.05) is 0 Å². The Morgan fingerprint density at radius 3 is 2.85 bits per heavy atom. The molecule has 2 rings (SSSR count). The summed E-state index contributed by atoms with van der Waals surface area (Å²) in [5, 5.41) is 0. The molecule has 0 N–H and O–H groups in total. The molecule has 0 spiro atoms. The first kappa shape index (κ1) is 8.60. The lowest BCUT2D eigenvalue weighted by Crippen LogP contribution is -2.23. The molecular formula is C10H16N2O. The summed E-state index contributed by atoms with van der Waals surface area (Å²) >= 11 is 0. The number of aryl methyl sites for hydroxylation is 1. The zero-order valence-corrected chi connectivity index (χ0v) is 8.07. The predicted octanol–water partition coefficient (Wildman–Crippen LogP) is 1.78. The molecule has 3 heteroatoms. The highest BCUT2D eigenvalue weighted by Gasteiger charge is 2.25. The van der Waals surface area contributed by atoms with Gasteiger partial charge in [-0.15, -0.1) is 0 Å². The topological polar surface area (TPSA) is 26.9 Å². The Labute approximate surface area is 78.0 Å². The van der Waals surface area contributed by atoms with Crippen molar-refractivity contribution in [3.05, 3.63) is 22.9 Å². The minimum atomic E-state index is 0.177. The van der Waals surface area contributed by atoms with Crippen LogP contribution in [0.5, 0.6) is 0 Å². The Bertz CT molecular complexity index is 333. The second-order valence-electron chi connectivity index (χ2n) is 3.77. The Hall–Kier alpha value is -0.990. The molecule has 0 aromatic carbocycles. The van der Waals surface area contributed by atoms with Gasteiger partial charge >= 0.3 is 5.69 Å². The van der Waals surface area contributed by atoms with Crippen LogP contribution in [0.15, 0.2) is 17.2 Å². The largest absolute Gasteiger partial charge is 0.328 e. The van der Waals surface area contributed by atoms with E-state index in [4.69, 9.17) is 0 Å². The van der Waals surface area contributed by atoms with E-state index >= 15 is 0 Å². The van der Waals surface area contributed by atoms with E-state index in [9.17, 15) is 4.79 Å². The van der Waals surface area contributed by atoms with Crippen LogP contribution in [0.3, 0.4) is 0 Å². The summed E-state index contributed by atoms with van der Waals surface area (Å²) in [5.74, 6) is 0. The van der Waals surface area contributed by atoms with Gasteiger partial charge in [-0.05, 0) is 19.3 Å². The van der Waals surface area contributed by atoms with Crippen LogP contribution in [0.2, 0.25) is 0 Å². The highest BCUT2D eigenvalue weighted by molar-refractivity contribution is 4.91. The Kier molecular flexibility index (Phi) is 2.25. The van der Waals surface area contributed by atoms with E-state index in [0.717, 1.165) is 19.4 Å². The first-order valence-electron chi connectivity index (χ1n) is 5.10. The van der Waals surface area contributed by atoms with Gasteiger partial charge in [-0.25, -0.2) is 4.79 Å². The summed E-state index contributed by atoms with van der Waals surface area (Å²) in [6.45, 7) is 3.01. The number of unbranched alkanes of at least 4 members (excludes halogenated alkanes) is 1. The third-order valence-corrected chi connectivity index (χ3v) is 2.57. The molecule has 1 heterocycles. The van der Waals surface area contributed by atoms with Crippen molar-refractivity contribution in [2.45, 2.75) is 45.2 Å². The standard InChI is InChI=1S/C10H16N2O/c1-2-3-6-11-7-8-12(10(11)13)9-4-5-9/h7-9H,2-6H2,1H3. The highest BCUT2D eigenvalue weighted by atomic mass is 16.1. The highest BCUT2D eigenvalue weighted by Crippen LogP contribution is 2.33. The van der Waals surface area contributed by atoms with Crippen molar-refractivity contribution in [3.8, 4) is 0 Å². The van der Waals surface area contributed by atoms with Gasteiger partial charge in [0.1, 0.15) is 0 Å². The summed E-state index contributed by atoms with van der Waals surface area (Å²) in [6.07, 6.45) is 8.43. The lowest BCUT2D eigenvalue weighted by atomic mass is 10.3. The summed E-state index contributed by atoms with van der Waals surface area (Å²) < 4.78 is 3.69. The molecule has 1 aliphatic carbocycles. The average Bonchev–Trinajstić information content (AvgIpc) is 2.89. The molecule has 3 nitrogen and oxygen atoms in total. The van der Waals surface area contributed by atoms with Gasteiger partial charge in [0, 0.05) is 25.0 Å². The van der Waals surface area contributed by atoms with Gasteiger partial charge in [0.25, 0.3) is 0 Å². The number of aromatic nitrogens is 2. The molecule has 0 unspecified atom stereocenters. The molecule has 0 atom stereocenters. The van der Waals surface area contributed by atoms with Crippen LogP contribution in [0.1, 0.15) is 38.6 Å². The molecule has 72 valence electrons. The first-order chi connectivity index (χ1) is 6.33. The van der Waals surface area contributed by atoms with E-state index in [-0.39, 0.29) is 5.69 Å². The van der Waals surface area contributed by atoms with E-state index < -0.39 is 0 Å². The van der Waals surface area contributed by atoms with Crippen LogP contribution in [0.4, 0.5) is 0 Å². The maximum absolute atomic E-state index is 11.7. The van der Waals surface area contributed by atoms with Gasteiger partial charge < -0.3 is 0 Å². The average molecular weight is 180 g/mol. The number of nitrogens with zero attached hydrogens (tertiary/aromatic N) is 2. The second-order valence-corrected chi connectivity index (χ2v) is 3.77. The SMILES string of the molecule is CCCCn1ccn(C2CC2)c1=O. The maximum Gasteiger partial charge on any atom is 0.328 e. The second kappa shape index (κ2) is 3.40. The molecular weight excluding hydrogens is 164 g/mol. The monoisotopic (exact) mass is 180 g/mol. The zero-order chi connectivity index (χ0) is 9.26. The van der Waals surface area contributed by atoms with Gasteiger partial charge in [-0.3, -0.25) is 9.13 Å². The van der Waals surface area contributed by atoms with Crippen molar-refractivity contribution >= 4 is 0 Å². The van der Waals surface area contributed by atoms with E-state index in [1.807, 2.05) is 21.5 Å². The van der Waals surface area contributed by atoms with Gasteiger partial charge in [-0.2, -0.15) is 0 Å². The van der Waals surface area contributed by atoms with Crippen molar-refractivity contribution in [3.63, 3.8) is 0 Å². The van der Waals surface area contributed by atoms with Crippen LogP contribution in [0, 0.1) is 0 Å². The summed E-state index contributed by atoms with van der Waals surface area (Å²) in [4.78, 5) is 11.7. The fourth-order valence-electron chi connectivity index (χ4n) is 1.56. The summed E-state index contributed by atoms with van der Waals surface area (Å²) in [7, 11) is 0. The predicted molar refractivity (Wildman–Crippen MR) is 51.9 cm³/mol. The third-order valence-electron chi connectivity index (χ3n) is 2.57. The fraction of sp³-hybridized carbons (Fsp3) is 0.700. The van der Waals surface area contributed by atoms with Gasteiger partial charge in [0.15, 0.2) is 0 Å². The van der Waals surface area contributed by atoms with Crippen LogP contribution < -0.4 is 5.69 Å². The number of hydrogen-bond acceptors (Lipinski definition) is 1. The molecule has 1 aliphatic rings. The maximum atomic E-state index is 11.7. The van der Waals surface area contributed by atoms with Gasteiger partial charge in [0.05, 0.1) is 0 Å². The lowest BCUT2D eigenvalue weighted by Gasteiger charge is -1.98. The van der Waals surface area contributed by atoms with Gasteiger partial charge in [-0.1, -0.05) is 13.3 Å². The molecule has 0 bridgehead atoms. The third kappa shape index (κ3) is 1.69. The molecule has 0 amide bonds. The van der Waals surface area contributed by atoms with Gasteiger partial charge in [0.2, 0.25) is 0 Å². The van der Waals surface area contributed by atoms with Crippen LogP contribution in [-0.4, -0.2) is 9.13 Å². The number of hydrogen-bond donors (Lipinski definition) is 0. The normalized spacial score (nSPS) is 16.4. The Morgan fingerprint density at radius 1 is 1.46 bits per heavy atom. The molecule has 13 heavy (non-hydrogen) atoms. The number of rotatable bonds is 4. The summed E-state index contributed by atoms with van der Waals surface area (Å²) in [5.41, 5.74) is 0.177. The van der Waals surface area contributed by atoms with Crippen molar-refractivity contribution in [2.24, 2.45) is 0 Å². The van der Waals surface area contributed by atoms with E-state index in [0.29, 0.717) is 6.04 Å². The molecule has 1 saturated carbocycles. The van der Waals surface area contributed by atoms with Crippen LogP contribution in [0.25, 0.3) is 0 Å². The Morgan fingerprint density at radius 2 is 2.23 bits per heavy atom. The number of imidazole rings is 1. The minimum Gasteiger partial charge on any atom is -0.299 e. The van der Waals surface area contributed by atoms with Crippen LogP contribution >= 0.6 is 0 Å². The molecule has 0 aliphatic heterocycles. The van der Waals surface area contributed by atoms with Crippen LogP contribution in [-0.2, 0) is 6.54 Å². The quantitative estimate of drug-likeness (QED) is 0.694. The minimum absolute atomic E-state index is 0.177. The molecule has 1 aromatic rings. The molecule has 0 radical (unpaired) electrons. The van der Waals surface area contributed by atoms with Crippen molar-refractivity contribution < 1.29 is 0 Å². The first-order valence-corrected chi connectivity index (χ1v) is 5.10. The van der Waals surface area contributed by atoms with Crippen molar-refractivity contribution in [1.82, 2.24) is 9.13 Å². The fourth-order valence-corrected chi connectivity index (χ4v) is 1.56. The zero-order valence-electron chi connectivity index (χ0n) is 8.07. The smallest absolute Gasteiger partial charge is 0.299 e. The van der Waals surface area contributed by atoms with E-state index in [2.05, 4.69) is 6.92 Å². The molecule has 0 saturated heterocycles.